The fourth-order valence-corrected chi connectivity index (χ4v) is 1.97. The van der Waals surface area contributed by atoms with Crippen molar-refractivity contribution in [3.8, 4) is 0 Å². The summed E-state index contributed by atoms with van der Waals surface area (Å²) in [5.74, 6) is 1.69. The monoisotopic (exact) mass is 256 g/mol. The van der Waals surface area contributed by atoms with E-state index in [0.29, 0.717) is 0 Å². The molecule has 0 aliphatic heterocycles. The molecule has 2 rings (SSSR count). The van der Waals surface area contributed by atoms with Gasteiger partial charge in [-0.1, -0.05) is 18.2 Å². The highest BCUT2D eigenvalue weighted by Gasteiger charge is 2.09. The predicted octanol–water partition coefficient (Wildman–Crippen LogP) is 3.09. The van der Waals surface area contributed by atoms with Crippen molar-refractivity contribution in [2.24, 2.45) is 0 Å². The second-order valence-electron chi connectivity index (χ2n) is 4.28. The molecule has 4 nitrogen and oxygen atoms in total. The van der Waals surface area contributed by atoms with Crippen LogP contribution in [-0.4, -0.2) is 30.1 Å². The Morgan fingerprint density at radius 3 is 2.32 bits per heavy atom. The van der Waals surface area contributed by atoms with Crippen molar-refractivity contribution < 1.29 is 0 Å². The fourth-order valence-electron chi connectivity index (χ4n) is 1.97. The van der Waals surface area contributed by atoms with Gasteiger partial charge in [0.05, 0.1) is 0 Å². The van der Waals surface area contributed by atoms with E-state index in [9.17, 15) is 0 Å². The molecule has 0 unspecified atom stereocenters. The van der Waals surface area contributed by atoms with Gasteiger partial charge in [0, 0.05) is 32.0 Å². The van der Waals surface area contributed by atoms with E-state index >= 15 is 0 Å². The number of hydrogen-bond acceptors (Lipinski definition) is 4. The highest BCUT2D eigenvalue weighted by atomic mass is 15.3. The van der Waals surface area contributed by atoms with Crippen LogP contribution in [-0.2, 0) is 0 Å². The molecule has 100 valence electrons. The van der Waals surface area contributed by atoms with Crippen LogP contribution in [0.15, 0.2) is 42.6 Å². The topological polar surface area (TPSA) is 32.3 Å². The smallest absolute Gasteiger partial charge is 0.227 e. The molecule has 1 heterocycles. The van der Waals surface area contributed by atoms with Crippen LogP contribution in [0.5, 0.6) is 0 Å². The minimum atomic E-state index is 0.783. The zero-order valence-corrected chi connectivity index (χ0v) is 11.7. The maximum absolute atomic E-state index is 4.63. The number of para-hydroxylation sites is 1. The van der Waals surface area contributed by atoms with E-state index in [1.165, 1.54) is 0 Å². The van der Waals surface area contributed by atoms with Gasteiger partial charge < -0.3 is 9.80 Å². The van der Waals surface area contributed by atoms with Crippen LogP contribution in [0.3, 0.4) is 0 Å². The van der Waals surface area contributed by atoms with Gasteiger partial charge in [0.15, 0.2) is 0 Å². The highest BCUT2D eigenvalue weighted by Crippen LogP contribution is 2.22. The Kier molecular flexibility index (Phi) is 4.34. The largest absolute Gasteiger partial charge is 0.341 e. The zero-order chi connectivity index (χ0) is 13.7. The number of nitrogens with zero attached hydrogens (tertiary/aromatic N) is 4. The third-order valence-electron chi connectivity index (χ3n) is 3.16. The van der Waals surface area contributed by atoms with Crippen molar-refractivity contribution >= 4 is 17.5 Å². The standard InChI is InChI=1S/C15H20N4/c1-4-19(5-2)15-16-12-11-14(17-15)18(3)13-9-7-6-8-10-13/h6-12H,4-5H2,1-3H3. The molecule has 0 bridgehead atoms. The summed E-state index contributed by atoms with van der Waals surface area (Å²) in [6, 6.07) is 12.1. The Hall–Kier alpha value is -2.10. The molecular weight excluding hydrogens is 236 g/mol. The average molecular weight is 256 g/mol. The van der Waals surface area contributed by atoms with Gasteiger partial charge in [-0.3, -0.25) is 0 Å². The lowest BCUT2D eigenvalue weighted by atomic mass is 10.3. The van der Waals surface area contributed by atoms with Crippen molar-refractivity contribution in [2.75, 3.05) is 29.9 Å². The third kappa shape index (κ3) is 3.02. The maximum atomic E-state index is 4.63. The fraction of sp³-hybridized carbons (Fsp3) is 0.333. The van der Waals surface area contributed by atoms with Crippen molar-refractivity contribution in [2.45, 2.75) is 13.8 Å². The summed E-state index contributed by atoms with van der Waals surface area (Å²) >= 11 is 0. The quantitative estimate of drug-likeness (QED) is 0.823. The van der Waals surface area contributed by atoms with Crippen LogP contribution in [0.1, 0.15) is 13.8 Å². The van der Waals surface area contributed by atoms with Crippen LogP contribution in [0, 0.1) is 0 Å². The molecule has 0 saturated heterocycles. The summed E-state index contributed by atoms with van der Waals surface area (Å²) < 4.78 is 0. The summed E-state index contributed by atoms with van der Waals surface area (Å²) in [7, 11) is 2.02. The highest BCUT2D eigenvalue weighted by molar-refractivity contribution is 5.59. The lowest BCUT2D eigenvalue weighted by molar-refractivity contribution is 0.819. The summed E-state index contributed by atoms with van der Waals surface area (Å²) in [4.78, 5) is 13.2. The Morgan fingerprint density at radius 2 is 1.68 bits per heavy atom. The first-order valence-corrected chi connectivity index (χ1v) is 6.63. The third-order valence-corrected chi connectivity index (χ3v) is 3.16. The van der Waals surface area contributed by atoms with Gasteiger partial charge in [-0.25, -0.2) is 4.98 Å². The van der Waals surface area contributed by atoms with E-state index in [4.69, 9.17) is 0 Å². The minimum absolute atomic E-state index is 0.783. The van der Waals surface area contributed by atoms with Gasteiger partial charge in [-0.05, 0) is 32.0 Å². The van der Waals surface area contributed by atoms with Crippen LogP contribution in [0.2, 0.25) is 0 Å². The van der Waals surface area contributed by atoms with Crippen molar-refractivity contribution in [1.82, 2.24) is 9.97 Å². The summed E-state index contributed by atoms with van der Waals surface area (Å²) in [5.41, 5.74) is 1.12. The second-order valence-corrected chi connectivity index (χ2v) is 4.28. The number of rotatable bonds is 5. The van der Waals surface area contributed by atoms with Crippen molar-refractivity contribution in [3.05, 3.63) is 42.6 Å². The van der Waals surface area contributed by atoms with E-state index in [1.807, 2.05) is 37.5 Å². The lowest BCUT2D eigenvalue weighted by Crippen LogP contribution is -2.25. The molecule has 4 heteroatoms. The molecule has 0 fully saturated rings. The van der Waals surface area contributed by atoms with Gasteiger partial charge in [-0.2, -0.15) is 4.98 Å². The SMILES string of the molecule is CCN(CC)c1nccc(N(C)c2ccccc2)n1. The molecule has 2 aromatic rings. The van der Waals surface area contributed by atoms with Crippen LogP contribution < -0.4 is 9.80 Å². The van der Waals surface area contributed by atoms with E-state index in [-0.39, 0.29) is 0 Å². The molecule has 0 aliphatic carbocycles. The Bertz CT molecular complexity index is 509. The van der Waals surface area contributed by atoms with Crippen LogP contribution >= 0.6 is 0 Å². The lowest BCUT2D eigenvalue weighted by Gasteiger charge is -2.22. The van der Waals surface area contributed by atoms with E-state index < -0.39 is 0 Å². The second kappa shape index (κ2) is 6.18. The van der Waals surface area contributed by atoms with Crippen molar-refractivity contribution in [1.29, 1.82) is 0 Å². The van der Waals surface area contributed by atoms with E-state index in [1.54, 1.807) is 0 Å². The first-order valence-electron chi connectivity index (χ1n) is 6.63. The van der Waals surface area contributed by atoms with Crippen molar-refractivity contribution in [3.63, 3.8) is 0 Å². The molecule has 0 amide bonds. The first-order chi connectivity index (χ1) is 9.26. The molecule has 0 N–H and O–H groups in total. The number of aromatic nitrogens is 2. The molecule has 0 atom stereocenters. The van der Waals surface area contributed by atoms with Gasteiger partial charge >= 0.3 is 0 Å². The molecule has 0 radical (unpaired) electrons. The molecule has 1 aromatic carbocycles. The first kappa shape index (κ1) is 13.3. The van der Waals surface area contributed by atoms with Gasteiger partial charge in [-0.15, -0.1) is 0 Å². The van der Waals surface area contributed by atoms with E-state index in [2.05, 4.69) is 45.7 Å². The average Bonchev–Trinajstić information content (AvgIpc) is 2.49. The Labute approximate surface area is 114 Å². The Balaban J connectivity index is 2.28. The van der Waals surface area contributed by atoms with E-state index in [0.717, 1.165) is 30.5 Å². The molecule has 19 heavy (non-hydrogen) atoms. The zero-order valence-electron chi connectivity index (χ0n) is 11.7. The van der Waals surface area contributed by atoms with Gasteiger partial charge in [0.25, 0.3) is 0 Å². The molecular formula is C15H20N4. The maximum Gasteiger partial charge on any atom is 0.227 e. The summed E-state index contributed by atoms with van der Waals surface area (Å²) in [5, 5.41) is 0. The predicted molar refractivity (Wildman–Crippen MR) is 80.1 cm³/mol. The van der Waals surface area contributed by atoms with Gasteiger partial charge in [0.2, 0.25) is 5.95 Å². The summed E-state index contributed by atoms with van der Waals surface area (Å²) in [6.07, 6.45) is 1.81. The van der Waals surface area contributed by atoms with Crippen LogP contribution in [0.4, 0.5) is 17.5 Å². The number of benzene rings is 1. The minimum Gasteiger partial charge on any atom is -0.341 e. The number of hydrogen-bond donors (Lipinski definition) is 0. The molecule has 0 spiro atoms. The normalized spacial score (nSPS) is 10.3. The number of anilines is 3. The summed E-state index contributed by atoms with van der Waals surface area (Å²) in [6.45, 7) is 6.05. The van der Waals surface area contributed by atoms with Gasteiger partial charge in [0.1, 0.15) is 5.82 Å². The molecule has 1 aromatic heterocycles. The Morgan fingerprint density at radius 1 is 1.00 bits per heavy atom. The molecule has 0 aliphatic rings. The molecule has 0 saturated carbocycles. The van der Waals surface area contributed by atoms with Crippen LogP contribution in [0.25, 0.3) is 0 Å².